The van der Waals surface area contributed by atoms with E-state index in [1.165, 1.54) is 4.90 Å². The summed E-state index contributed by atoms with van der Waals surface area (Å²) in [7, 11) is 1.62. The summed E-state index contributed by atoms with van der Waals surface area (Å²) < 4.78 is 1.82. The highest BCUT2D eigenvalue weighted by Gasteiger charge is 2.14. The van der Waals surface area contributed by atoms with Gasteiger partial charge in [0.2, 0.25) is 5.91 Å². The topological polar surface area (TPSA) is 67.2 Å². The molecule has 0 radical (unpaired) electrons. The van der Waals surface area contributed by atoms with E-state index in [-0.39, 0.29) is 18.4 Å². The highest BCUT2D eigenvalue weighted by molar-refractivity contribution is 5.96. The highest BCUT2D eigenvalue weighted by Crippen LogP contribution is 2.02. The van der Waals surface area contributed by atoms with E-state index in [1.807, 2.05) is 23.0 Å². The van der Waals surface area contributed by atoms with E-state index >= 15 is 0 Å². The Bertz CT molecular complexity index is 596. The smallest absolute Gasteiger partial charge is 0.254 e. The van der Waals surface area contributed by atoms with Crippen LogP contribution < -0.4 is 5.32 Å². The molecule has 1 aromatic carbocycles. The van der Waals surface area contributed by atoms with Crippen LogP contribution in [0.25, 0.3) is 0 Å². The predicted molar refractivity (Wildman–Crippen MR) is 83.3 cm³/mol. The summed E-state index contributed by atoms with van der Waals surface area (Å²) in [5.41, 5.74) is 0.580. The van der Waals surface area contributed by atoms with E-state index in [1.54, 1.807) is 37.5 Å². The van der Waals surface area contributed by atoms with Gasteiger partial charge in [0.05, 0.1) is 6.54 Å². The van der Waals surface area contributed by atoms with Gasteiger partial charge < -0.3 is 10.2 Å². The molecule has 6 nitrogen and oxygen atoms in total. The van der Waals surface area contributed by atoms with Crippen LogP contribution in [0.5, 0.6) is 0 Å². The van der Waals surface area contributed by atoms with Gasteiger partial charge in [-0.25, -0.2) is 0 Å². The number of amides is 2. The number of likely N-dealkylation sites (N-methyl/N-ethyl adjacent to an activating group) is 1. The molecule has 2 amide bonds. The normalized spacial score (nSPS) is 10.2. The minimum Gasteiger partial charge on any atom is -0.354 e. The molecule has 0 aliphatic rings. The summed E-state index contributed by atoms with van der Waals surface area (Å²) in [5.74, 6) is -0.320. The molecule has 22 heavy (non-hydrogen) atoms. The van der Waals surface area contributed by atoms with Crippen LogP contribution in [-0.2, 0) is 11.3 Å². The molecule has 0 fully saturated rings. The van der Waals surface area contributed by atoms with Crippen LogP contribution >= 0.6 is 0 Å². The van der Waals surface area contributed by atoms with Gasteiger partial charge in [0.1, 0.15) is 0 Å². The maximum atomic E-state index is 12.1. The molecule has 0 spiro atoms. The lowest BCUT2D eigenvalue weighted by atomic mass is 10.2. The van der Waals surface area contributed by atoms with Crippen LogP contribution in [0.2, 0.25) is 0 Å². The zero-order valence-electron chi connectivity index (χ0n) is 12.6. The molecule has 2 aromatic rings. The Balaban J connectivity index is 1.69. The zero-order valence-corrected chi connectivity index (χ0v) is 12.6. The number of carbonyl (C=O) groups excluding carboxylic acids is 2. The van der Waals surface area contributed by atoms with Crippen LogP contribution in [0.1, 0.15) is 16.8 Å². The molecule has 1 N–H and O–H groups in total. The molecule has 1 aromatic heterocycles. The Morgan fingerprint density at radius 3 is 2.68 bits per heavy atom. The van der Waals surface area contributed by atoms with Crippen molar-refractivity contribution in [2.24, 2.45) is 0 Å². The largest absolute Gasteiger partial charge is 0.354 e. The van der Waals surface area contributed by atoms with E-state index in [2.05, 4.69) is 10.4 Å². The molecule has 116 valence electrons. The summed E-state index contributed by atoms with van der Waals surface area (Å²) in [5, 5.41) is 6.90. The first-order valence-corrected chi connectivity index (χ1v) is 7.21. The molecular weight excluding hydrogens is 280 g/mol. The summed E-state index contributed by atoms with van der Waals surface area (Å²) in [6.07, 6.45) is 4.40. The average molecular weight is 300 g/mol. The molecule has 0 atom stereocenters. The molecule has 0 saturated carbocycles. The van der Waals surface area contributed by atoms with Gasteiger partial charge in [-0.1, -0.05) is 18.2 Å². The molecule has 0 aliphatic heterocycles. The summed E-state index contributed by atoms with van der Waals surface area (Å²) in [6, 6.07) is 10.8. The second-order valence-electron chi connectivity index (χ2n) is 5.00. The van der Waals surface area contributed by atoms with Crippen LogP contribution in [-0.4, -0.2) is 46.6 Å². The van der Waals surface area contributed by atoms with Crippen molar-refractivity contribution in [3.05, 3.63) is 54.4 Å². The van der Waals surface area contributed by atoms with Crippen LogP contribution in [0.3, 0.4) is 0 Å². The van der Waals surface area contributed by atoms with Crippen molar-refractivity contribution in [3.63, 3.8) is 0 Å². The second kappa shape index (κ2) is 7.97. The molecule has 1 heterocycles. The van der Waals surface area contributed by atoms with Crippen LogP contribution in [0.15, 0.2) is 48.8 Å². The first-order chi connectivity index (χ1) is 10.7. The maximum Gasteiger partial charge on any atom is 0.254 e. The number of aromatic nitrogens is 2. The highest BCUT2D eigenvalue weighted by atomic mass is 16.2. The van der Waals surface area contributed by atoms with Gasteiger partial charge in [-0.2, -0.15) is 5.10 Å². The summed E-state index contributed by atoms with van der Waals surface area (Å²) in [4.78, 5) is 25.3. The average Bonchev–Trinajstić information content (AvgIpc) is 3.05. The Labute approximate surface area is 129 Å². The quantitative estimate of drug-likeness (QED) is 0.780. The van der Waals surface area contributed by atoms with Crippen molar-refractivity contribution >= 4 is 11.8 Å². The third-order valence-corrected chi connectivity index (χ3v) is 3.19. The molecule has 6 heteroatoms. The number of hydrogen-bond acceptors (Lipinski definition) is 3. The lowest BCUT2D eigenvalue weighted by Crippen LogP contribution is -2.38. The third kappa shape index (κ3) is 4.73. The lowest BCUT2D eigenvalue weighted by molar-refractivity contribution is -0.121. The Kier molecular flexibility index (Phi) is 5.71. The van der Waals surface area contributed by atoms with E-state index in [9.17, 15) is 9.59 Å². The van der Waals surface area contributed by atoms with E-state index < -0.39 is 0 Å². The monoisotopic (exact) mass is 300 g/mol. The Hall–Kier alpha value is -2.63. The van der Waals surface area contributed by atoms with E-state index in [0.29, 0.717) is 12.1 Å². The zero-order chi connectivity index (χ0) is 15.8. The molecule has 0 saturated heterocycles. The van der Waals surface area contributed by atoms with Crippen molar-refractivity contribution in [2.45, 2.75) is 13.0 Å². The van der Waals surface area contributed by atoms with Gasteiger partial charge in [0.25, 0.3) is 5.91 Å². The molecule has 0 unspecified atom stereocenters. The fraction of sp³-hybridized carbons (Fsp3) is 0.312. The molecule has 2 rings (SSSR count). The van der Waals surface area contributed by atoms with Crippen molar-refractivity contribution in [1.82, 2.24) is 20.0 Å². The van der Waals surface area contributed by atoms with E-state index in [4.69, 9.17) is 0 Å². The van der Waals surface area contributed by atoms with Gasteiger partial charge in [0, 0.05) is 38.1 Å². The standard InChI is InChI=1S/C16H20N4O2/c1-19(16(22)14-7-3-2-4-8-14)13-15(21)17-9-5-11-20-12-6-10-18-20/h2-4,6-8,10,12H,5,9,11,13H2,1H3,(H,17,21). The van der Waals surface area contributed by atoms with Gasteiger partial charge in [-0.3, -0.25) is 14.3 Å². The number of rotatable bonds is 7. The van der Waals surface area contributed by atoms with E-state index in [0.717, 1.165) is 13.0 Å². The van der Waals surface area contributed by atoms with Crippen molar-refractivity contribution in [2.75, 3.05) is 20.1 Å². The summed E-state index contributed by atoms with van der Waals surface area (Å²) >= 11 is 0. The summed E-state index contributed by atoms with van der Waals surface area (Å²) in [6.45, 7) is 1.37. The Morgan fingerprint density at radius 2 is 2.00 bits per heavy atom. The fourth-order valence-corrected chi connectivity index (χ4v) is 2.05. The van der Waals surface area contributed by atoms with Crippen molar-refractivity contribution in [1.29, 1.82) is 0 Å². The lowest BCUT2D eigenvalue weighted by Gasteiger charge is -2.16. The molecule has 0 bridgehead atoms. The SMILES string of the molecule is CN(CC(=O)NCCCn1cccn1)C(=O)c1ccccc1. The number of carbonyl (C=O) groups is 2. The second-order valence-corrected chi connectivity index (χ2v) is 5.00. The third-order valence-electron chi connectivity index (χ3n) is 3.19. The van der Waals surface area contributed by atoms with Gasteiger partial charge in [-0.15, -0.1) is 0 Å². The van der Waals surface area contributed by atoms with Crippen molar-refractivity contribution < 1.29 is 9.59 Å². The number of hydrogen-bond donors (Lipinski definition) is 1. The predicted octanol–water partition coefficient (Wildman–Crippen LogP) is 1.16. The van der Waals surface area contributed by atoms with Crippen LogP contribution in [0, 0.1) is 0 Å². The number of aryl methyl sites for hydroxylation is 1. The van der Waals surface area contributed by atoms with Crippen molar-refractivity contribution in [3.8, 4) is 0 Å². The minimum absolute atomic E-state index is 0.0511. The molecular formula is C16H20N4O2. The number of nitrogens with one attached hydrogen (secondary N) is 1. The Morgan fingerprint density at radius 1 is 1.23 bits per heavy atom. The first kappa shape index (κ1) is 15.8. The van der Waals surface area contributed by atoms with Gasteiger partial charge in [-0.05, 0) is 24.6 Å². The molecule has 0 aliphatic carbocycles. The minimum atomic E-state index is -0.160. The fourth-order valence-electron chi connectivity index (χ4n) is 2.05. The maximum absolute atomic E-state index is 12.1. The van der Waals surface area contributed by atoms with Gasteiger partial charge >= 0.3 is 0 Å². The van der Waals surface area contributed by atoms with Gasteiger partial charge in [0.15, 0.2) is 0 Å². The van der Waals surface area contributed by atoms with Crippen LogP contribution in [0.4, 0.5) is 0 Å². The first-order valence-electron chi connectivity index (χ1n) is 7.21. The number of nitrogens with zero attached hydrogens (tertiary/aromatic N) is 3. The number of benzene rings is 1.